The minimum Gasteiger partial charge on any atom is -0.313 e. The fraction of sp³-hybridized carbons (Fsp3) is 0.300. The summed E-state index contributed by atoms with van der Waals surface area (Å²) in [6.45, 7) is 2.17. The lowest BCUT2D eigenvalue weighted by Crippen LogP contribution is -2.38. The number of nitrogens with zero attached hydrogens (tertiary/aromatic N) is 3. The first-order chi connectivity index (χ1) is 12.1. The molecule has 0 atom stereocenters. The second-order valence-corrected chi connectivity index (χ2v) is 7.34. The summed E-state index contributed by atoms with van der Waals surface area (Å²) in [5, 5.41) is 9.93. The minimum atomic E-state index is -0.0348. The SMILES string of the molecule is CBc1cccc(-c2nnc(C3(c4ccc(Cl)cc4)CCC3)n2C)c1. The summed E-state index contributed by atoms with van der Waals surface area (Å²) < 4.78 is 2.17. The third kappa shape index (κ3) is 2.69. The van der Waals surface area contributed by atoms with Crippen LogP contribution in [0.2, 0.25) is 11.8 Å². The van der Waals surface area contributed by atoms with Gasteiger partial charge in [-0.05, 0) is 30.5 Å². The molecule has 0 aliphatic heterocycles. The van der Waals surface area contributed by atoms with Crippen molar-refractivity contribution in [2.24, 2.45) is 7.05 Å². The zero-order chi connectivity index (χ0) is 17.4. The third-order valence-electron chi connectivity index (χ3n) is 5.50. The first-order valence-electron chi connectivity index (χ1n) is 8.89. The molecule has 1 aromatic heterocycles. The van der Waals surface area contributed by atoms with Crippen molar-refractivity contribution in [1.29, 1.82) is 0 Å². The highest BCUT2D eigenvalue weighted by Gasteiger charge is 2.44. The lowest BCUT2D eigenvalue weighted by molar-refractivity contribution is 0.278. The number of halogens is 1. The van der Waals surface area contributed by atoms with Gasteiger partial charge in [0.1, 0.15) is 5.82 Å². The molecule has 1 aliphatic rings. The maximum Gasteiger partial charge on any atom is 0.163 e. The standard InChI is InChI=1S/C20H21BClN3/c1-21-16-6-3-5-14(13-16)18-23-24-19(25(18)2)20(11-4-12-20)15-7-9-17(22)10-8-15/h3,5-10,13,21H,4,11-12H2,1-2H3. The molecule has 0 saturated heterocycles. The van der Waals surface area contributed by atoms with E-state index in [2.05, 4.69) is 65.0 Å². The third-order valence-corrected chi connectivity index (χ3v) is 5.75. The first-order valence-corrected chi connectivity index (χ1v) is 9.27. The lowest BCUT2D eigenvalue weighted by atomic mass is 9.64. The summed E-state index contributed by atoms with van der Waals surface area (Å²) in [5.41, 5.74) is 3.70. The van der Waals surface area contributed by atoms with Gasteiger partial charge in [-0.1, -0.05) is 66.7 Å². The van der Waals surface area contributed by atoms with Crippen molar-refractivity contribution in [3.63, 3.8) is 0 Å². The van der Waals surface area contributed by atoms with Gasteiger partial charge in [0, 0.05) is 17.6 Å². The van der Waals surface area contributed by atoms with Crippen LogP contribution in [-0.2, 0) is 12.5 Å². The number of aromatic nitrogens is 3. The Balaban J connectivity index is 1.78. The summed E-state index contributed by atoms with van der Waals surface area (Å²) in [7, 11) is 3.10. The van der Waals surface area contributed by atoms with Crippen molar-refractivity contribution in [3.8, 4) is 11.4 Å². The monoisotopic (exact) mass is 349 g/mol. The largest absolute Gasteiger partial charge is 0.313 e. The predicted octanol–water partition coefficient (Wildman–Crippen LogP) is 3.72. The van der Waals surface area contributed by atoms with E-state index in [1.165, 1.54) is 17.4 Å². The van der Waals surface area contributed by atoms with Gasteiger partial charge in [0.25, 0.3) is 0 Å². The fourth-order valence-electron chi connectivity index (χ4n) is 3.87. The van der Waals surface area contributed by atoms with Crippen molar-refractivity contribution in [2.45, 2.75) is 31.5 Å². The Morgan fingerprint density at radius 2 is 1.84 bits per heavy atom. The van der Waals surface area contributed by atoms with Crippen LogP contribution in [0, 0.1) is 0 Å². The van der Waals surface area contributed by atoms with E-state index in [1.807, 2.05) is 12.1 Å². The molecule has 25 heavy (non-hydrogen) atoms. The van der Waals surface area contributed by atoms with E-state index in [1.54, 1.807) is 0 Å². The molecular weight excluding hydrogens is 329 g/mol. The molecule has 0 bridgehead atoms. The molecule has 0 spiro atoms. The molecule has 3 nitrogen and oxygen atoms in total. The second kappa shape index (κ2) is 6.34. The average Bonchev–Trinajstić information content (AvgIpc) is 2.98. The molecule has 1 saturated carbocycles. The van der Waals surface area contributed by atoms with Crippen molar-refractivity contribution < 1.29 is 0 Å². The molecule has 0 N–H and O–H groups in total. The Labute approximate surface area is 154 Å². The average molecular weight is 350 g/mol. The Kier molecular flexibility index (Phi) is 4.16. The maximum atomic E-state index is 6.08. The molecule has 5 heteroatoms. The van der Waals surface area contributed by atoms with Crippen molar-refractivity contribution in [2.75, 3.05) is 0 Å². The quantitative estimate of drug-likeness (QED) is 0.672. The Hall–Kier alpha value is -2.07. The fourth-order valence-corrected chi connectivity index (χ4v) is 3.99. The summed E-state index contributed by atoms with van der Waals surface area (Å²) in [6.07, 6.45) is 3.43. The molecular formula is C20H21BClN3. The Bertz CT molecular complexity index is 898. The lowest BCUT2D eigenvalue weighted by Gasteiger charge is -2.41. The first kappa shape index (κ1) is 16.4. The molecule has 1 heterocycles. The molecule has 0 amide bonds. The molecule has 4 rings (SSSR count). The van der Waals surface area contributed by atoms with Crippen LogP contribution >= 0.6 is 11.6 Å². The summed E-state index contributed by atoms with van der Waals surface area (Å²) in [4.78, 5) is 0. The zero-order valence-electron chi connectivity index (χ0n) is 14.7. The van der Waals surface area contributed by atoms with Crippen LogP contribution in [0.3, 0.4) is 0 Å². The van der Waals surface area contributed by atoms with Crippen LogP contribution in [0.1, 0.15) is 30.7 Å². The summed E-state index contributed by atoms with van der Waals surface area (Å²) in [6, 6.07) is 16.8. The summed E-state index contributed by atoms with van der Waals surface area (Å²) in [5.74, 6) is 1.99. The van der Waals surface area contributed by atoms with Gasteiger partial charge in [0.05, 0.1) is 5.41 Å². The predicted molar refractivity (Wildman–Crippen MR) is 105 cm³/mol. The molecule has 0 radical (unpaired) electrons. The van der Waals surface area contributed by atoms with E-state index >= 15 is 0 Å². The van der Waals surface area contributed by atoms with Crippen LogP contribution < -0.4 is 5.46 Å². The van der Waals surface area contributed by atoms with Crippen LogP contribution in [0.25, 0.3) is 11.4 Å². The van der Waals surface area contributed by atoms with Crippen molar-refractivity contribution in [3.05, 3.63) is 64.9 Å². The highest BCUT2D eigenvalue weighted by atomic mass is 35.5. The Morgan fingerprint density at radius 3 is 2.48 bits per heavy atom. The van der Waals surface area contributed by atoms with E-state index in [0.29, 0.717) is 0 Å². The number of benzene rings is 2. The highest BCUT2D eigenvalue weighted by molar-refractivity contribution is 6.52. The maximum absolute atomic E-state index is 6.08. The van der Waals surface area contributed by atoms with E-state index in [-0.39, 0.29) is 5.41 Å². The number of hydrogen-bond donors (Lipinski definition) is 0. The van der Waals surface area contributed by atoms with E-state index in [9.17, 15) is 0 Å². The topological polar surface area (TPSA) is 30.7 Å². The van der Waals surface area contributed by atoms with Crippen molar-refractivity contribution in [1.82, 2.24) is 14.8 Å². The molecule has 0 unspecified atom stereocenters. The van der Waals surface area contributed by atoms with Gasteiger partial charge in [-0.2, -0.15) is 0 Å². The molecule has 1 aliphatic carbocycles. The Morgan fingerprint density at radius 1 is 1.08 bits per heavy atom. The summed E-state index contributed by atoms with van der Waals surface area (Å²) >= 11 is 6.08. The van der Waals surface area contributed by atoms with E-state index in [0.717, 1.165) is 42.4 Å². The van der Waals surface area contributed by atoms with Crippen LogP contribution in [0.5, 0.6) is 0 Å². The van der Waals surface area contributed by atoms with Crippen molar-refractivity contribution >= 4 is 24.3 Å². The van der Waals surface area contributed by atoms with E-state index in [4.69, 9.17) is 11.6 Å². The van der Waals surface area contributed by atoms with E-state index < -0.39 is 0 Å². The van der Waals surface area contributed by atoms with Crippen LogP contribution in [0.15, 0.2) is 48.5 Å². The van der Waals surface area contributed by atoms with Gasteiger partial charge >= 0.3 is 0 Å². The smallest absolute Gasteiger partial charge is 0.163 e. The second-order valence-electron chi connectivity index (χ2n) is 6.90. The van der Waals surface area contributed by atoms with Gasteiger partial charge < -0.3 is 4.57 Å². The van der Waals surface area contributed by atoms with Gasteiger partial charge in [-0.15, -0.1) is 10.2 Å². The van der Waals surface area contributed by atoms with Gasteiger partial charge in [-0.3, -0.25) is 0 Å². The highest BCUT2D eigenvalue weighted by Crippen LogP contribution is 2.48. The number of hydrogen-bond acceptors (Lipinski definition) is 2. The van der Waals surface area contributed by atoms with Crippen LogP contribution in [-0.4, -0.2) is 22.0 Å². The van der Waals surface area contributed by atoms with Gasteiger partial charge in [-0.25, -0.2) is 0 Å². The van der Waals surface area contributed by atoms with Gasteiger partial charge in [0.15, 0.2) is 13.1 Å². The molecule has 126 valence electrons. The number of rotatable bonds is 4. The molecule has 1 fully saturated rings. The normalized spacial score (nSPS) is 15.6. The van der Waals surface area contributed by atoms with Crippen LogP contribution in [0.4, 0.5) is 0 Å². The van der Waals surface area contributed by atoms with Gasteiger partial charge in [0.2, 0.25) is 0 Å². The molecule has 2 aromatic carbocycles. The minimum absolute atomic E-state index is 0.0348. The molecule has 3 aromatic rings. The zero-order valence-corrected chi connectivity index (χ0v) is 15.4.